The van der Waals surface area contributed by atoms with E-state index in [4.69, 9.17) is 9.84 Å². The molecule has 3 N–H and O–H groups in total. The first-order valence-electron chi connectivity index (χ1n) is 11.7. The molecule has 2 aliphatic rings. The van der Waals surface area contributed by atoms with Gasteiger partial charge in [-0.05, 0) is 52.8 Å². The number of fused-ring (bicyclic) bond motifs is 3. The van der Waals surface area contributed by atoms with Crippen LogP contribution in [0, 0.1) is 5.41 Å². The Kier molecular flexibility index (Phi) is 5.99. The van der Waals surface area contributed by atoms with E-state index in [9.17, 15) is 14.4 Å². The Morgan fingerprint density at radius 3 is 2.06 bits per heavy atom. The van der Waals surface area contributed by atoms with Crippen molar-refractivity contribution in [2.24, 2.45) is 5.41 Å². The predicted molar refractivity (Wildman–Crippen MR) is 131 cm³/mol. The van der Waals surface area contributed by atoms with Gasteiger partial charge in [0.1, 0.15) is 6.61 Å². The Balaban J connectivity index is 1.14. The van der Waals surface area contributed by atoms with Crippen LogP contribution in [0.3, 0.4) is 0 Å². The molecule has 0 spiro atoms. The third kappa shape index (κ3) is 4.75. The largest absolute Gasteiger partial charge is 0.481 e. The molecule has 3 aromatic rings. The lowest BCUT2D eigenvalue weighted by Crippen LogP contribution is -2.37. The highest BCUT2D eigenvalue weighted by Crippen LogP contribution is 2.46. The third-order valence-electron chi connectivity index (χ3n) is 6.82. The fourth-order valence-electron chi connectivity index (χ4n) is 4.67. The summed E-state index contributed by atoms with van der Waals surface area (Å²) in [5.41, 5.74) is 5.24. The first-order chi connectivity index (χ1) is 16.9. The molecule has 2 aliphatic carbocycles. The van der Waals surface area contributed by atoms with Crippen LogP contribution >= 0.6 is 0 Å². The molecule has 5 rings (SSSR count). The van der Waals surface area contributed by atoms with E-state index in [0.717, 1.165) is 11.1 Å². The zero-order valence-electron chi connectivity index (χ0n) is 19.1. The molecule has 0 saturated heterocycles. The third-order valence-corrected chi connectivity index (χ3v) is 6.82. The number of aliphatic carboxylic acids is 1. The normalized spacial score (nSPS) is 15.0. The van der Waals surface area contributed by atoms with Gasteiger partial charge in [0, 0.05) is 18.2 Å². The number of rotatable bonds is 8. The zero-order chi connectivity index (χ0) is 24.4. The van der Waals surface area contributed by atoms with Crippen LogP contribution in [0.5, 0.6) is 0 Å². The van der Waals surface area contributed by atoms with Gasteiger partial charge in [0.2, 0.25) is 5.91 Å². The van der Waals surface area contributed by atoms with Gasteiger partial charge in [-0.25, -0.2) is 4.79 Å². The first kappa shape index (κ1) is 22.7. The highest BCUT2D eigenvalue weighted by atomic mass is 16.5. The standard InChI is InChI=1S/C28H26N2O5/c31-25(32)15-18-9-11-19(12-10-18)30-26(33)28(13-14-28)17-29-27(34)35-16-24-22-7-3-1-5-20(22)21-6-2-4-8-23(21)24/h1-12,24H,13-17H2,(H,29,34)(H,30,33)(H,31,32). The summed E-state index contributed by atoms with van der Waals surface area (Å²) >= 11 is 0. The van der Waals surface area contributed by atoms with Gasteiger partial charge in [0.15, 0.2) is 0 Å². The van der Waals surface area contributed by atoms with E-state index in [0.29, 0.717) is 24.1 Å². The molecular weight excluding hydrogens is 444 g/mol. The molecule has 178 valence electrons. The van der Waals surface area contributed by atoms with Crippen LogP contribution in [0.15, 0.2) is 72.8 Å². The number of carbonyl (C=O) groups excluding carboxylic acids is 2. The van der Waals surface area contributed by atoms with E-state index in [1.54, 1.807) is 24.3 Å². The summed E-state index contributed by atoms with van der Waals surface area (Å²) in [6.07, 6.45) is 0.755. The molecule has 2 amide bonds. The van der Waals surface area contributed by atoms with Gasteiger partial charge in [0.25, 0.3) is 0 Å². The number of alkyl carbamates (subject to hydrolysis) is 1. The number of ether oxygens (including phenoxy) is 1. The number of hydrogen-bond donors (Lipinski definition) is 3. The molecule has 7 heteroatoms. The summed E-state index contributed by atoms with van der Waals surface area (Å²) < 4.78 is 5.58. The minimum Gasteiger partial charge on any atom is -0.481 e. The lowest BCUT2D eigenvalue weighted by atomic mass is 9.98. The molecule has 35 heavy (non-hydrogen) atoms. The van der Waals surface area contributed by atoms with Crippen molar-refractivity contribution in [2.75, 3.05) is 18.5 Å². The topological polar surface area (TPSA) is 105 Å². The van der Waals surface area contributed by atoms with Gasteiger partial charge >= 0.3 is 12.1 Å². The number of carbonyl (C=O) groups is 3. The Morgan fingerprint density at radius 1 is 0.886 bits per heavy atom. The zero-order valence-corrected chi connectivity index (χ0v) is 19.1. The van der Waals surface area contributed by atoms with Crippen LogP contribution in [0.4, 0.5) is 10.5 Å². The Labute approximate surface area is 203 Å². The van der Waals surface area contributed by atoms with Gasteiger partial charge in [-0.1, -0.05) is 60.7 Å². The Hall–Kier alpha value is -4.13. The summed E-state index contributed by atoms with van der Waals surface area (Å²) in [4.78, 5) is 36.1. The predicted octanol–water partition coefficient (Wildman–Crippen LogP) is 4.57. The van der Waals surface area contributed by atoms with Crippen LogP contribution in [0.1, 0.15) is 35.4 Å². The number of amides is 2. The fourth-order valence-corrected chi connectivity index (χ4v) is 4.67. The maximum absolute atomic E-state index is 12.8. The van der Waals surface area contributed by atoms with E-state index >= 15 is 0 Å². The number of carboxylic acids is 1. The average molecular weight is 471 g/mol. The van der Waals surface area contributed by atoms with Gasteiger partial charge in [-0.15, -0.1) is 0 Å². The van der Waals surface area contributed by atoms with Crippen molar-refractivity contribution < 1.29 is 24.2 Å². The summed E-state index contributed by atoms with van der Waals surface area (Å²) in [6.45, 7) is 0.425. The van der Waals surface area contributed by atoms with E-state index in [-0.39, 0.29) is 31.4 Å². The Morgan fingerprint density at radius 2 is 1.49 bits per heavy atom. The SMILES string of the molecule is O=C(O)Cc1ccc(NC(=O)C2(CNC(=O)OCC3c4ccccc4-c4ccccc43)CC2)cc1. The van der Waals surface area contributed by atoms with Crippen LogP contribution in [0.2, 0.25) is 0 Å². The van der Waals surface area contributed by atoms with Gasteiger partial charge in [-0.3, -0.25) is 9.59 Å². The smallest absolute Gasteiger partial charge is 0.407 e. The van der Waals surface area contributed by atoms with Crippen molar-refractivity contribution in [1.82, 2.24) is 5.32 Å². The van der Waals surface area contributed by atoms with Crippen LogP contribution in [-0.2, 0) is 20.7 Å². The molecule has 0 aromatic heterocycles. The van der Waals surface area contributed by atoms with E-state index in [1.165, 1.54) is 11.1 Å². The molecule has 0 bridgehead atoms. The average Bonchev–Trinajstić information content (AvgIpc) is 3.59. The quantitative estimate of drug-likeness (QED) is 0.447. The number of carboxylic acid groups (broad SMARTS) is 1. The van der Waals surface area contributed by atoms with Crippen molar-refractivity contribution in [3.63, 3.8) is 0 Å². The molecule has 0 radical (unpaired) electrons. The number of anilines is 1. The second kappa shape index (κ2) is 9.25. The minimum atomic E-state index is -0.905. The van der Waals surface area contributed by atoms with Gasteiger partial charge < -0.3 is 20.5 Å². The highest BCUT2D eigenvalue weighted by molar-refractivity contribution is 5.97. The van der Waals surface area contributed by atoms with Gasteiger partial charge in [0.05, 0.1) is 11.8 Å². The molecular formula is C28H26N2O5. The van der Waals surface area contributed by atoms with E-state index in [1.807, 2.05) is 24.3 Å². The molecule has 1 saturated carbocycles. The van der Waals surface area contributed by atoms with Crippen molar-refractivity contribution in [3.05, 3.63) is 89.5 Å². The summed E-state index contributed by atoms with van der Waals surface area (Å²) in [6, 6.07) is 23.0. The molecule has 7 nitrogen and oxygen atoms in total. The maximum Gasteiger partial charge on any atom is 0.407 e. The number of hydrogen-bond acceptors (Lipinski definition) is 4. The summed E-state index contributed by atoms with van der Waals surface area (Å²) in [5, 5.41) is 14.5. The van der Waals surface area contributed by atoms with E-state index < -0.39 is 17.5 Å². The molecule has 0 aliphatic heterocycles. The second-order valence-electron chi connectivity index (χ2n) is 9.18. The lowest BCUT2D eigenvalue weighted by Gasteiger charge is -2.18. The summed E-state index contributed by atoms with van der Waals surface area (Å²) in [5.74, 6) is -1.09. The molecule has 0 atom stereocenters. The van der Waals surface area contributed by atoms with Crippen molar-refractivity contribution in [3.8, 4) is 11.1 Å². The van der Waals surface area contributed by atoms with Crippen LogP contribution in [0.25, 0.3) is 11.1 Å². The fraction of sp³-hybridized carbons (Fsp3) is 0.250. The first-order valence-corrected chi connectivity index (χ1v) is 11.7. The second-order valence-corrected chi connectivity index (χ2v) is 9.18. The van der Waals surface area contributed by atoms with Crippen LogP contribution in [-0.4, -0.2) is 36.2 Å². The number of benzene rings is 3. The lowest BCUT2D eigenvalue weighted by molar-refractivity contribution is -0.136. The molecule has 0 heterocycles. The molecule has 3 aromatic carbocycles. The highest BCUT2D eigenvalue weighted by Gasteiger charge is 2.50. The van der Waals surface area contributed by atoms with E-state index in [2.05, 4.69) is 34.9 Å². The van der Waals surface area contributed by atoms with Crippen molar-refractivity contribution in [1.29, 1.82) is 0 Å². The monoisotopic (exact) mass is 470 g/mol. The van der Waals surface area contributed by atoms with Crippen molar-refractivity contribution >= 4 is 23.7 Å². The van der Waals surface area contributed by atoms with Gasteiger partial charge in [-0.2, -0.15) is 0 Å². The maximum atomic E-state index is 12.8. The Bertz CT molecular complexity index is 1240. The number of nitrogens with one attached hydrogen (secondary N) is 2. The molecule has 1 fully saturated rings. The minimum absolute atomic E-state index is 0.0181. The van der Waals surface area contributed by atoms with Crippen LogP contribution < -0.4 is 10.6 Å². The van der Waals surface area contributed by atoms with Crippen molar-refractivity contribution in [2.45, 2.75) is 25.2 Å². The summed E-state index contributed by atoms with van der Waals surface area (Å²) in [7, 11) is 0. The molecule has 0 unspecified atom stereocenters.